The molecule has 0 fully saturated rings. The van der Waals surface area contributed by atoms with Crippen molar-refractivity contribution in [1.82, 2.24) is 0 Å². The minimum absolute atomic E-state index is 0.156. The molecule has 0 unspecified atom stereocenters. The molecule has 0 aliphatic heterocycles. The summed E-state index contributed by atoms with van der Waals surface area (Å²) in [6.07, 6.45) is -3.45. The Labute approximate surface area is 115 Å². The maximum absolute atomic E-state index is 12.6. The molecule has 0 atom stereocenters. The Kier molecular flexibility index (Phi) is 5.29. The Morgan fingerprint density at radius 3 is 2.47 bits per heavy atom. The van der Waals surface area contributed by atoms with Gasteiger partial charge in [-0.15, -0.1) is 11.8 Å². The quantitative estimate of drug-likeness (QED) is 0.486. The van der Waals surface area contributed by atoms with Gasteiger partial charge >= 0.3 is 6.18 Å². The van der Waals surface area contributed by atoms with Crippen LogP contribution in [0.4, 0.5) is 13.2 Å². The molecule has 2 nitrogen and oxygen atoms in total. The van der Waals surface area contributed by atoms with Crippen LogP contribution in [0, 0.1) is 11.3 Å². The Morgan fingerprint density at radius 2 is 2.00 bits per heavy atom. The van der Waals surface area contributed by atoms with E-state index < -0.39 is 11.7 Å². The zero-order chi connectivity index (χ0) is 14.6. The van der Waals surface area contributed by atoms with Crippen LogP contribution >= 0.6 is 11.8 Å². The maximum atomic E-state index is 12.6. The van der Waals surface area contributed by atoms with Crippen LogP contribution in [0.1, 0.15) is 31.4 Å². The zero-order valence-corrected chi connectivity index (χ0v) is 11.7. The minimum Gasteiger partial charge on any atom is -0.384 e. The highest BCUT2D eigenvalue weighted by molar-refractivity contribution is 7.99. The number of nitrogens with two attached hydrogens (primary N) is 1. The fraction of sp³-hybridized carbons (Fsp3) is 0.462. The Bertz CT molecular complexity index is 456. The van der Waals surface area contributed by atoms with Gasteiger partial charge in [0.05, 0.1) is 5.56 Å². The van der Waals surface area contributed by atoms with E-state index in [0.717, 1.165) is 24.3 Å². The summed E-state index contributed by atoms with van der Waals surface area (Å²) in [5, 5.41) is 7.39. The molecule has 0 saturated carbocycles. The fourth-order valence-corrected chi connectivity index (χ4v) is 2.75. The van der Waals surface area contributed by atoms with Gasteiger partial charge in [0, 0.05) is 10.5 Å². The number of thioether (sulfide) groups is 1. The molecule has 106 valence electrons. The number of alkyl halides is 3. The molecule has 0 heterocycles. The summed E-state index contributed by atoms with van der Waals surface area (Å²) >= 11 is 1.43. The summed E-state index contributed by atoms with van der Waals surface area (Å²) in [7, 11) is 0. The van der Waals surface area contributed by atoms with Crippen LogP contribution in [0.15, 0.2) is 23.1 Å². The third-order valence-electron chi connectivity index (χ3n) is 2.55. The van der Waals surface area contributed by atoms with Crippen LogP contribution in [-0.4, -0.2) is 11.6 Å². The first-order valence-corrected chi connectivity index (χ1v) is 6.89. The molecule has 19 heavy (non-hydrogen) atoms. The van der Waals surface area contributed by atoms with Gasteiger partial charge in [-0.1, -0.05) is 13.8 Å². The first-order valence-electron chi connectivity index (χ1n) is 5.90. The van der Waals surface area contributed by atoms with Gasteiger partial charge in [0.2, 0.25) is 0 Å². The molecule has 0 spiro atoms. The molecule has 0 aliphatic rings. The van der Waals surface area contributed by atoms with E-state index in [1.54, 1.807) is 0 Å². The smallest absolute Gasteiger partial charge is 0.384 e. The highest BCUT2D eigenvalue weighted by Gasteiger charge is 2.31. The SMILES string of the molecule is CC(C)CCSc1ccc(C(F)(F)F)cc1C(=N)N. The van der Waals surface area contributed by atoms with Crippen molar-refractivity contribution in [2.45, 2.75) is 31.3 Å². The molecular weight excluding hydrogens is 273 g/mol. The van der Waals surface area contributed by atoms with Crippen molar-refractivity contribution in [3.8, 4) is 0 Å². The summed E-state index contributed by atoms with van der Waals surface area (Å²) in [4.78, 5) is 0.626. The molecule has 0 aromatic heterocycles. The summed E-state index contributed by atoms with van der Waals surface area (Å²) in [6.45, 7) is 4.17. The van der Waals surface area contributed by atoms with Gasteiger partial charge in [-0.05, 0) is 36.3 Å². The normalized spacial score (nSPS) is 11.9. The predicted octanol–water partition coefficient (Wildman–Crippen LogP) is 4.13. The second kappa shape index (κ2) is 6.32. The van der Waals surface area contributed by atoms with Crippen molar-refractivity contribution >= 4 is 17.6 Å². The molecule has 1 aromatic rings. The van der Waals surface area contributed by atoms with Gasteiger partial charge in [-0.25, -0.2) is 0 Å². The second-order valence-electron chi connectivity index (χ2n) is 4.65. The first-order chi connectivity index (χ1) is 8.71. The van der Waals surface area contributed by atoms with Crippen molar-refractivity contribution in [1.29, 1.82) is 5.41 Å². The number of nitrogens with one attached hydrogen (secondary N) is 1. The predicted molar refractivity (Wildman–Crippen MR) is 72.6 cm³/mol. The van der Waals surface area contributed by atoms with Gasteiger partial charge in [0.25, 0.3) is 0 Å². The minimum atomic E-state index is -4.41. The monoisotopic (exact) mass is 290 g/mol. The van der Waals surface area contributed by atoms with Crippen LogP contribution in [0.25, 0.3) is 0 Å². The van der Waals surface area contributed by atoms with E-state index in [1.807, 2.05) is 0 Å². The number of hydrogen-bond acceptors (Lipinski definition) is 2. The lowest BCUT2D eigenvalue weighted by Gasteiger charge is -2.13. The van der Waals surface area contributed by atoms with E-state index in [1.165, 1.54) is 17.8 Å². The maximum Gasteiger partial charge on any atom is 0.416 e. The van der Waals surface area contributed by atoms with E-state index in [2.05, 4.69) is 13.8 Å². The number of hydrogen-bond donors (Lipinski definition) is 2. The highest BCUT2D eigenvalue weighted by Crippen LogP contribution is 2.33. The number of benzene rings is 1. The van der Waals surface area contributed by atoms with E-state index in [9.17, 15) is 13.2 Å². The van der Waals surface area contributed by atoms with Crippen molar-refractivity contribution in [3.05, 3.63) is 29.3 Å². The average molecular weight is 290 g/mol. The van der Waals surface area contributed by atoms with E-state index in [4.69, 9.17) is 11.1 Å². The van der Waals surface area contributed by atoms with Crippen LogP contribution < -0.4 is 5.73 Å². The highest BCUT2D eigenvalue weighted by atomic mass is 32.2. The van der Waals surface area contributed by atoms with Crippen molar-refractivity contribution in [2.75, 3.05) is 5.75 Å². The molecule has 1 aromatic carbocycles. The standard InChI is InChI=1S/C13H17F3N2S/c1-8(2)5-6-19-11-4-3-9(13(14,15)16)7-10(11)12(17)18/h3-4,7-8H,5-6H2,1-2H3,(H3,17,18). The number of halogens is 3. The van der Waals surface area contributed by atoms with Gasteiger partial charge in [0.1, 0.15) is 5.84 Å². The van der Waals surface area contributed by atoms with Crippen LogP contribution in [-0.2, 0) is 6.18 Å². The number of rotatable bonds is 5. The molecule has 0 amide bonds. The zero-order valence-electron chi connectivity index (χ0n) is 10.8. The van der Waals surface area contributed by atoms with Gasteiger partial charge < -0.3 is 5.73 Å². The van der Waals surface area contributed by atoms with Crippen LogP contribution in [0.3, 0.4) is 0 Å². The van der Waals surface area contributed by atoms with Gasteiger partial charge in [0.15, 0.2) is 0 Å². The molecule has 0 radical (unpaired) electrons. The topological polar surface area (TPSA) is 49.9 Å². The Morgan fingerprint density at radius 1 is 1.37 bits per heavy atom. The first kappa shape index (κ1) is 15.9. The van der Waals surface area contributed by atoms with Gasteiger partial charge in [-0.3, -0.25) is 5.41 Å². The van der Waals surface area contributed by atoms with E-state index in [0.29, 0.717) is 10.8 Å². The lowest BCUT2D eigenvalue weighted by Crippen LogP contribution is -2.15. The second-order valence-corrected chi connectivity index (χ2v) is 5.79. The third kappa shape index (κ3) is 4.78. The largest absolute Gasteiger partial charge is 0.416 e. The molecule has 0 saturated heterocycles. The molecule has 0 aliphatic carbocycles. The summed E-state index contributed by atoms with van der Waals surface area (Å²) in [5.41, 5.74) is 4.74. The number of nitrogen functional groups attached to an aromatic ring is 1. The molecule has 1 rings (SSSR count). The average Bonchev–Trinajstić information content (AvgIpc) is 2.27. The molecule has 6 heteroatoms. The lowest BCUT2D eigenvalue weighted by atomic mass is 10.1. The molecule has 3 N–H and O–H groups in total. The van der Waals surface area contributed by atoms with Crippen molar-refractivity contribution in [3.63, 3.8) is 0 Å². The van der Waals surface area contributed by atoms with Crippen LogP contribution in [0.5, 0.6) is 0 Å². The van der Waals surface area contributed by atoms with Crippen LogP contribution in [0.2, 0.25) is 0 Å². The summed E-state index contributed by atoms with van der Waals surface area (Å²) in [5.74, 6) is 0.990. The number of amidine groups is 1. The van der Waals surface area contributed by atoms with Crippen molar-refractivity contribution in [2.24, 2.45) is 11.7 Å². The van der Waals surface area contributed by atoms with Gasteiger partial charge in [-0.2, -0.15) is 13.2 Å². The Hall–Kier alpha value is -1.17. The fourth-order valence-electron chi connectivity index (χ4n) is 1.45. The Balaban J connectivity index is 2.96. The molecule has 0 bridgehead atoms. The third-order valence-corrected chi connectivity index (χ3v) is 3.66. The van der Waals surface area contributed by atoms with E-state index in [-0.39, 0.29) is 11.4 Å². The van der Waals surface area contributed by atoms with Crippen molar-refractivity contribution < 1.29 is 13.2 Å². The van der Waals surface area contributed by atoms with E-state index >= 15 is 0 Å². The summed E-state index contributed by atoms with van der Waals surface area (Å²) < 4.78 is 37.8. The molecular formula is C13H17F3N2S. The lowest BCUT2D eigenvalue weighted by molar-refractivity contribution is -0.137. The summed E-state index contributed by atoms with van der Waals surface area (Å²) in [6, 6.07) is 3.37.